The number of amides is 1. The third-order valence-electron chi connectivity index (χ3n) is 4.12. The first-order valence-electron chi connectivity index (χ1n) is 7.89. The van der Waals surface area contributed by atoms with E-state index in [-0.39, 0.29) is 17.7 Å². The van der Waals surface area contributed by atoms with Crippen molar-refractivity contribution < 1.29 is 4.79 Å². The van der Waals surface area contributed by atoms with Crippen molar-refractivity contribution >= 4 is 17.7 Å². The van der Waals surface area contributed by atoms with Crippen molar-refractivity contribution in [3.8, 4) is 0 Å². The monoisotopic (exact) mass is 330 g/mol. The Bertz CT molecular complexity index is 643. The zero-order chi connectivity index (χ0) is 16.1. The van der Waals surface area contributed by atoms with E-state index < -0.39 is 0 Å². The van der Waals surface area contributed by atoms with Gasteiger partial charge in [0, 0.05) is 49.4 Å². The van der Waals surface area contributed by atoms with Gasteiger partial charge in [0.1, 0.15) is 0 Å². The fourth-order valence-corrected chi connectivity index (χ4v) is 3.72. The number of thioether (sulfide) groups is 1. The number of hydrogen-bond acceptors (Lipinski definition) is 4. The maximum Gasteiger partial charge on any atom is 0.225 e. The second-order valence-electron chi connectivity index (χ2n) is 5.77. The van der Waals surface area contributed by atoms with E-state index in [4.69, 9.17) is 0 Å². The van der Waals surface area contributed by atoms with Crippen molar-refractivity contribution in [3.63, 3.8) is 0 Å². The molecule has 0 aliphatic carbocycles. The van der Waals surface area contributed by atoms with Gasteiger partial charge in [0.15, 0.2) is 0 Å². The highest BCUT2D eigenvalue weighted by Crippen LogP contribution is 2.27. The van der Waals surface area contributed by atoms with Gasteiger partial charge in [-0.2, -0.15) is 5.10 Å². The number of aryl methyl sites for hydroxylation is 1. The average molecular weight is 330 g/mol. The van der Waals surface area contributed by atoms with Crippen LogP contribution in [0.3, 0.4) is 0 Å². The topological polar surface area (TPSA) is 59.0 Å². The molecule has 1 amide bonds. The predicted molar refractivity (Wildman–Crippen MR) is 92.5 cm³/mol. The minimum absolute atomic E-state index is 0.0130. The third kappa shape index (κ3) is 4.14. The van der Waals surface area contributed by atoms with Gasteiger partial charge in [0.25, 0.3) is 0 Å². The fourth-order valence-electron chi connectivity index (χ4n) is 2.93. The van der Waals surface area contributed by atoms with Gasteiger partial charge in [-0.15, -0.1) is 11.8 Å². The van der Waals surface area contributed by atoms with Gasteiger partial charge >= 0.3 is 0 Å². The summed E-state index contributed by atoms with van der Waals surface area (Å²) in [5.74, 6) is 1.22. The number of nitrogens with one attached hydrogen (secondary N) is 2. The second-order valence-corrected chi connectivity index (χ2v) is 6.94. The van der Waals surface area contributed by atoms with E-state index in [9.17, 15) is 4.79 Å². The van der Waals surface area contributed by atoms with E-state index in [1.165, 1.54) is 4.90 Å². The number of carbonyl (C=O) groups is 1. The van der Waals surface area contributed by atoms with E-state index >= 15 is 0 Å². The largest absolute Gasteiger partial charge is 0.355 e. The Balaban J connectivity index is 1.47. The summed E-state index contributed by atoms with van der Waals surface area (Å²) in [5.41, 5.74) is 1.14. The summed E-state index contributed by atoms with van der Waals surface area (Å²) in [6.07, 6.45) is 3.87. The first kappa shape index (κ1) is 16.1. The molecule has 0 radical (unpaired) electrons. The molecule has 23 heavy (non-hydrogen) atoms. The van der Waals surface area contributed by atoms with Crippen LogP contribution in [0.1, 0.15) is 11.5 Å². The molecule has 2 aromatic rings. The minimum Gasteiger partial charge on any atom is -0.355 e. The lowest BCUT2D eigenvalue weighted by Gasteiger charge is -2.17. The molecule has 1 aliphatic rings. The molecule has 1 saturated heterocycles. The molecular formula is C17H22N4OS. The van der Waals surface area contributed by atoms with E-state index in [2.05, 4.69) is 27.9 Å². The summed E-state index contributed by atoms with van der Waals surface area (Å²) in [7, 11) is 1.90. The summed E-state index contributed by atoms with van der Waals surface area (Å²) >= 11 is 1.76. The predicted octanol–water partition coefficient (Wildman–Crippen LogP) is 1.63. The Morgan fingerprint density at radius 2 is 2.22 bits per heavy atom. The van der Waals surface area contributed by atoms with Crippen LogP contribution in [0.25, 0.3) is 0 Å². The van der Waals surface area contributed by atoms with Gasteiger partial charge < -0.3 is 10.6 Å². The molecule has 0 saturated carbocycles. The summed E-state index contributed by atoms with van der Waals surface area (Å²) in [4.78, 5) is 13.7. The number of aromatic nitrogens is 2. The minimum atomic E-state index is -0.0130. The van der Waals surface area contributed by atoms with E-state index in [1.54, 1.807) is 16.4 Å². The van der Waals surface area contributed by atoms with Gasteiger partial charge in [0.05, 0.1) is 12.1 Å². The van der Waals surface area contributed by atoms with Gasteiger partial charge in [-0.3, -0.25) is 9.48 Å². The van der Waals surface area contributed by atoms with Crippen molar-refractivity contribution in [1.82, 2.24) is 20.4 Å². The molecule has 1 aromatic heterocycles. The number of benzene rings is 1. The highest BCUT2D eigenvalue weighted by Gasteiger charge is 2.34. The quantitative estimate of drug-likeness (QED) is 0.624. The Labute approximate surface area is 140 Å². The Hall–Kier alpha value is -1.79. The van der Waals surface area contributed by atoms with Gasteiger partial charge in [-0.05, 0) is 17.7 Å². The lowest BCUT2D eigenvalue weighted by atomic mass is 9.90. The summed E-state index contributed by atoms with van der Waals surface area (Å²) < 4.78 is 1.79. The zero-order valence-corrected chi connectivity index (χ0v) is 14.1. The number of hydrogen-bond donors (Lipinski definition) is 2. The number of rotatable bonds is 6. The normalized spacial score (nSPS) is 20.6. The molecule has 122 valence electrons. The molecule has 1 fully saturated rings. The van der Waals surface area contributed by atoms with Crippen molar-refractivity contribution in [2.24, 2.45) is 13.0 Å². The van der Waals surface area contributed by atoms with Gasteiger partial charge in [-0.25, -0.2) is 0 Å². The highest BCUT2D eigenvalue weighted by atomic mass is 32.2. The first-order chi connectivity index (χ1) is 11.2. The van der Waals surface area contributed by atoms with Crippen LogP contribution < -0.4 is 10.6 Å². The molecule has 1 aromatic carbocycles. The molecule has 0 bridgehead atoms. The maximum atomic E-state index is 12.5. The lowest BCUT2D eigenvalue weighted by Crippen LogP contribution is -2.35. The fraction of sp³-hybridized carbons (Fsp3) is 0.412. The zero-order valence-electron chi connectivity index (χ0n) is 13.2. The standard InChI is InChI=1S/C17H22N4OS/c1-21-12-13(9-20-21)15-10-18-11-16(15)17(22)19-7-8-23-14-5-3-2-4-6-14/h2-6,9,12,15-16,18H,7-8,10-11H2,1H3,(H,19,22)/t15-,16+/m1/s1. The van der Waals surface area contributed by atoms with Crippen molar-refractivity contribution in [3.05, 3.63) is 48.3 Å². The third-order valence-corrected chi connectivity index (χ3v) is 5.13. The Morgan fingerprint density at radius 1 is 1.39 bits per heavy atom. The van der Waals surface area contributed by atoms with Crippen LogP contribution in [0.15, 0.2) is 47.6 Å². The van der Waals surface area contributed by atoms with Crippen molar-refractivity contribution in [1.29, 1.82) is 0 Å². The number of nitrogens with zero attached hydrogens (tertiary/aromatic N) is 2. The van der Waals surface area contributed by atoms with Crippen LogP contribution in [0.5, 0.6) is 0 Å². The van der Waals surface area contributed by atoms with Crippen LogP contribution in [-0.4, -0.2) is 41.1 Å². The Morgan fingerprint density at radius 3 is 2.96 bits per heavy atom. The number of carbonyl (C=O) groups excluding carboxylic acids is 1. The van der Waals surface area contributed by atoms with Crippen molar-refractivity contribution in [2.45, 2.75) is 10.8 Å². The van der Waals surface area contributed by atoms with Gasteiger partial charge in [0.2, 0.25) is 5.91 Å². The van der Waals surface area contributed by atoms with E-state index in [1.807, 2.05) is 37.6 Å². The SMILES string of the molecule is Cn1cc([C@H]2CNC[C@@H]2C(=O)NCCSc2ccccc2)cn1. The maximum absolute atomic E-state index is 12.5. The molecule has 0 spiro atoms. The molecule has 1 aliphatic heterocycles. The molecule has 6 heteroatoms. The van der Waals surface area contributed by atoms with Gasteiger partial charge in [-0.1, -0.05) is 18.2 Å². The average Bonchev–Trinajstić information content (AvgIpc) is 3.21. The molecule has 5 nitrogen and oxygen atoms in total. The highest BCUT2D eigenvalue weighted by molar-refractivity contribution is 7.99. The second kappa shape index (κ2) is 7.66. The molecule has 2 atom stereocenters. The van der Waals surface area contributed by atoms with E-state index in [0.717, 1.165) is 24.4 Å². The first-order valence-corrected chi connectivity index (χ1v) is 8.87. The Kier molecular flexibility index (Phi) is 5.35. The van der Waals surface area contributed by atoms with Crippen LogP contribution >= 0.6 is 11.8 Å². The molecule has 2 N–H and O–H groups in total. The van der Waals surface area contributed by atoms with Crippen LogP contribution in [0.4, 0.5) is 0 Å². The summed E-state index contributed by atoms with van der Waals surface area (Å²) in [6.45, 7) is 2.26. The molecular weight excluding hydrogens is 308 g/mol. The molecule has 2 heterocycles. The van der Waals surface area contributed by atoms with E-state index in [0.29, 0.717) is 6.54 Å². The summed E-state index contributed by atoms with van der Waals surface area (Å²) in [6, 6.07) is 10.3. The van der Waals surface area contributed by atoms with Crippen LogP contribution in [0, 0.1) is 5.92 Å². The molecule has 0 unspecified atom stereocenters. The van der Waals surface area contributed by atoms with Crippen LogP contribution in [-0.2, 0) is 11.8 Å². The smallest absolute Gasteiger partial charge is 0.225 e. The lowest BCUT2D eigenvalue weighted by molar-refractivity contribution is -0.124. The van der Waals surface area contributed by atoms with Crippen molar-refractivity contribution in [2.75, 3.05) is 25.4 Å². The summed E-state index contributed by atoms with van der Waals surface area (Å²) in [5, 5.41) is 10.6. The van der Waals surface area contributed by atoms with Crippen LogP contribution in [0.2, 0.25) is 0 Å². The molecule has 3 rings (SSSR count).